The molecule has 4 heteroatoms. The van der Waals surface area contributed by atoms with Crippen LogP contribution in [0.2, 0.25) is 0 Å². The van der Waals surface area contributed by atoms with Crippen molar-refractivity contribution in [2.24, 2.45) is 5.92 Å². The van der Waals surface area contributed by atoms with Crippen LogP contribution in [-0.2, 0) is 0 Å². The largest absolute Gasteiger partial charge is 0.301 e. The van der Waals surface area contributed by atoms with Crippen LogP contribution in [0.4, 0.5) is 0 Å². The summed E-state index contributed by atoms with van der Waals surface area (Å²) in [5, 5.41) is 10.2. The normalized spacial score (nSPS) is 21.7. The SMILES string of the molecule is C[C@@H](C#N)CN1CCC[C@H](c2nc3ccccc3s2)C1. The van der Waals surface area contributed by atoms with Crippen LogP contribution in [0.1, 0.15) is 30.7 Å². The highest BCUT2D eigenvalue weighted by Gasteiger charge is 2.24. The lowest BCUT2D eigenvalue weighted by Crippen LogP contribution is -2.37. The van der Waals surface area contributed by atoms with E-state index in [0.717, 1.165) is 25.2 Å². The van der Waals surface area contributed by atoms with Gasteiger partial charge in [-0.15, -0.1) is 11.3 Å². The van der Waals surface area contributed by atoms with Gasteiger partial charge < -0.3 is 4.90 Å². The van der Waals surface area contributed by atoms with Crippen LogP contribution in [0.15, 0.2) is 24.3 Å². The van der Waals surface area contributed by atoms with Crippen molar-refractivity contribution in [2.45, 2.75) is 25.7 Å². The maximum atomic E-state index is 8.96. The summed E-state index contributed by atoms with van der Waals surface area (Å²) in [4.78, 5) is 7.22. The fourth-order valence-electron chi connectivity index (χ4n) is 2.92. The zero-order valence-electron chi connectivity index (χ0n) is 11.7. The van der Waals surface area contributed by atoms with Gasteiger partial charge in [0.25, 0.3) is 0 Å². The number of para-hydroxylation sites is 1. The zero-order valence-corrected chi connectivity index (χ0v) is 12.6. The molecule has 1 aliphatic rings. The number of likely N-dealkylation sites (tertiary alicyclic amines) is 1. The number of rotatable bonds is 3. The summed E-state index contributed by atoms with van der Waals surface area (Å²) in [6.07, 6.45) is 2.43. The highest BCUT2D eigenvalue weighted by atomic mass is 32.1. The van der Waals surface area contributed by atoms with Crippen LogP contribution in [0.3, 0.4) is 0 Å². The molecule has 0 spiro atoms. The molecule has 3 rings (SSSR count). The fourth-order valence-corrected chi connectivity index (χ4v) is 4.01. The summed E-state index contributed by atoms with van der Waals surface area (Å²) < 4.78 is 1.28. The van der Waals surface area contributed by atoms with Gasteiger partial charge in [0, 0.05) is 19.0 Å². The third-order valence-electron chi connectivity index (χ3n) is 3.92. The first-order valence-corrected chi connectivity index (χ1v) is 8.05. The highest BCUT2D eigenvalue weighted by Crippen LogP contribution is 2.33. The third kappa shape index (κ3) is 2.84. The molecular formula is C16H19N3S. The van der Waals surface area contributed by atoms with E-state index in [1.54, 1.807) is 0 Å². The van der Waals surface area contributed by atoms with Gasteiger partial charge in [0.05, 0.1) is 27.2 Å². The van der Waals surface area contributed by atoms with E-state index >= 15 is 0 Å². The number of aromatic nitrogens is 1. The van der Waals surface area contributed by atoms with Crippen LogP contribution in [-0.4, -0.2) is 29.5 Å². The number of nitrogens with zero attached hydrogens (tertiary/aromatic N) is 3. The van der Waals surface area contributed by atoms with E-state index in [1.807, 2.05) is 24.3 Å². The quantitative estimate of drug-likeness (QED) is 0.864. The van der Waals surface area contributed by atoms with E-state index < -0.39 is 0 Å². The molecule has 0 bridgehead atoms. The molecule has 104 valence electrons. The van der Waals surface area contributed by atoms with Gasteiger partial charge in [-0.3, -0.25) is 0 Å². The molecule has 2 heterocycles. The van der Waals surface area contributed by atoms with E-state index in [-0.39, 0.29) is 5.92 Å². The number of thiazole rings is 1. The van der Waals surface area contributed by atoms with Crippen molar-refractivity contribution in [3.63, 3.8) is 0 Å². The second-order valence-electron chi connectivity index (χ2n) is 5.65. The second-order valence-corrected chi connectivity index (χ2v) is 6.71. The minimum absolute atomic E-state index is 0.115. The summed E-state index contributed by atoms with van der Waals surface area (Å²) in [6.45, 7) is 5.05. The molecule has 0 aliphatic carbocycles. The van der Waals surface area contributed by atoms with Crippen molar-refractivity contribution in [2.75, 3.05) is 19.6 Å². The summed E-state index contributed by atoms with van der Waals surface area (Å²) >= 11 is 1.83. The molecule has 0 unspecified atom stereocenters. The zero-order chi connectivity index (χ0) is 13.9. The standard InChI is InChI=1S/C16H19N3S/c1-12(9-17)10-19-8-4-5-13(11-19)16-18-14-6-2-3-7-15(14)20-16/h2-3,6-7,12-13H,4-5,8,10-11H2,1H3/t12-,13-/m0/s1. The molecule has 0 saturated carbocycles. The van der Waals surface area contributed by atoms with E-state index in [9.17, 15) is 0 Å². The monoisotopic (exact) mass is 285 g/mol. The molecule has 1 aromatic carbocycles. The molecule has 3 nitrogen and oxygen atoms in total. The molecule has 2 atom stereocenters. The first kappa shape index (κ1) is 13.5. The topological polar surface area (TPSA) is 39.9 Å². The summed E-state index contributed by atoms with van der Waals surface area (Å²) in [5.74, 6) is 0.649. The van der Waals surface area contributed by atoms with Crippen molar-refractivity contribution in [1.82, 2.24) is 9.88 Å². The van der Waals surface area contributed by atoms with Crippen molar-refractivity contribution in [3.05, 3.63) is 29.3 Å². The van der Waals surface area contributed by atoms with Gasteiger partial charge in [-0.05, 0) is 38.4 Å². The van der Waals surface area contributed by atoms with Crippen LogP contribution in [0, 0.1) is 17.2 Å². The van der Waals surface area contributed by atoms with Gasteiger partial charge in [0.1, 0.15) is 0 Å². The minimum Gasteiger partial charge on any atom is -0.301 e. The highest BCUT2D eigenvalue weighted by molar-refractivity contribution is 7.18. The molecule has 0 N–H and O–H groups in total. The molecule has 1 fully saturated rings. The maximum absolute atomic E-state index is 8.96. The molecule has 0 amide bonds. The molecule has 2 aromatic rings. The summed E-state index contributed by atoms with van der Waals surface area (Å²) in [5.41, 5.74) is 1.12. The van der Waals surface area contributed by atoms with E-state index in [2.05, 4.69) is 29.2 Å². The number of piperidine rings is 1. The number of hydrogen-bond acceptors (Lipinski definition) is 4. The molecule has 20 heavy (non-hydrogen) atoms. The Morgan fingerprint density at radius 3 is 3.15 bits per heavy atom. The summed E-state index contributed by atoms with van der Waals surface area (Å²) in [7, 11) is 0. The van der Waals surface area contributed by atoms with Crippen LogP contribution in [0.25, 0.3) is 10.2 Å². The number of hydrogen-bond donors (Lipinski definition) is 0. The third-order valence-corrected chi connectivity index (χ3v) is 5.12. The predicted molar refractivity (Wildman–Crippen MR) is 82.8 cm³/mol. The van der Waals surface area contributed by atoms with Crippen molar-refractivity contribution in [1.29, 1.82) is 5.26 Å². The first-order chi connectivity index (χ1) is 9.76. The van der Waals surface area contributed by atoms with Crippen molar-refractivity contribution >= 4 is 21.6 Å². The van der Waals surface area contributed by atoms with Gasteiger partial charge >= 0.3 is 0 Å². The molecule has 0 radical (unpaired) electrons. The van der Waals surface area contributed by atoms with Gasteiger partial charge in [-0.25, -0.2) is 4.98 Å². The Balaban J connectivity index is 1.74. The van der Waals surface area contributed by atoms with Crippen molar-refractivity contribution in [3.8, 4) is 6.07 Å². The van der Waals surface area contributed by atoms with Gasteiger partial charge in [0.15, 0.2) is 0 Å². The molecular weight excluding hydrogens is 266 g/mol. The minimum atomic E-state index is 0.115. The predicted octanol–water partition coefficient (Wildman–Crippen LogP) is 3.64. The lowest BCUT2D eigenvalue weighted by Gasteiger charge is -2.32. The van der Waals surface area contributed by atoms with Gasteiger partial charge in [-0.2, -0.15) is 5.26 Å². The average Bonchev–Trinajstić information content (AvgIpc) is 2.91. The smallest absolute Gasteiger partial charge is 0.0982 e. The Bertz CT molecular complexity index is 595. The number of benzene rings is 1. The van der Waals surface area contributed by atoms with Crippen LogP contribution < -0.4 is 0 Å². The van der Waals surface area contributed by atoms with Crippen molar-refractivity contribution < 1.29 is 0 Å². The fraction of sp³-hybridized carbons (Fsp3) is 0.500. The molecule has 1 saturated heterocycles. The van der Waals surface area contributed by atoms with E-state index in [1.165, 1.54) is 22.5 Å². The molecule has 1 aliphatic heterocycles. The van der Waals surface area contributed by atoms with Crippen LogP contribution in [0.5, 0.6) is 0 Å². The van der Waals surface area contributed by atoms with Gasteiger partial charge in [0.2, 0.25) is 0 Å². The Labute approximate surface area is 123 Å². The average molecular weight is 285 g/mol. The summed E-state index contributed by atoms with van der Waals surface area (Å²) in [6, 6.07) is 10.7. The Morgan fingerprint density at radius 1 is 1.50 bits per heavy atom. The number of nitriles is 1. The second kappa shape index (κ2) is 5.90. The molecule has 1 aromatic heterocycles. The first-order valence-electron chi connectivity index (χ1n) is 7.23. The number of fused-ring (bicyclic) bond motifs is 1. The van der Waals surface area contributed by atoms with Crippen LogP contribution >= 0.6 is 11.3 Å². The Hall–Kier alpha value is -1.44. The Kier molecular flexibility index (Phi) is 4.00. The van der Waals surface area contributed by atoms with E-state index in [0.29, 0.717) is 5.92 Å². The maximum Gasteiger partial charge on any atom is 0.0982 e. The Morgan fingerprint density at radius 2 is 2.35 bits per heavy atom. The lowest BCUT2D eigenvalue weighted by molar-refractivity contribution is 0.195. The lowest BCUT2D eigenvalue weighted by atomic mass is 9.98. The van der Waals surface area contributed by atoms with E-state index in [4.69, 9.17) is 10.2 Å². The van der Waals surface area contributed by atoms with Gasteiger partial charge in [-0.1, -0.05) is 12.1 Å².